The Labute approximate surface area is 181 Å². The Hall–Kier alpha value is -2.80. The highest BCUT2D eigenvalue weighted by atomic mass is 79.9. The maximum Gasteiger partial charge on any atom is 0.266 e. The fourth-order valence-corrected chi connectivity index (χ4v) is 3.45. The van der Waals surface area contributed by atoms with Gasteiger partial charge in [-0.1, -0.05) is 34.0 Å². The van der Waals surface area contributed by atoms with Crippen molar-refractivity contribution in [2.45, 2.75) is 6.42 Å². The lowest BCUT2D eigenvalue weighted by Gasteiger charge is -2.12. The zero-order chi connectivity index (χ0) is 20.5. The molecule has 0 atom stereocenters. The van der Waals surface area contributed by atoms with Gasteiger partial charge < -0.3 is 10.1 Å². The predicted molar refractivity (Wildman–Crippen MR) is 119 cm³/mol. The van der Waals surface area contributed by atoms with E-state index in [0.717, 1.165) is 10.0 Å². The highest BCUT2D eigenvalue weighted by Gasteiger charge is 2.13. The lowest BCUT2D eigenvalue weighted by Crippen LogP contribution is -2.13. The van der Waals surface area contributed by atoms with E-state index in [0.29, 0.717) is 27.9 Å². The van der Waals surface area contributed by atoms with Crippen molar-refractivity contribution in [2.75, 3.05) is 11.9 Å². The summed E-state index contributed by atoms with van der Waals surface area (Å²) in [6.07, 6.45) is 9.08. The third kappa shape index (κ3) is 5.85. The van der Waals surface area contributed by atoms with E-state index in [2.05, 4.69) is 49.7 Å². The fourth-order valence-electron chi connectivity index (χ4n) is 2.42. The monoisotopic (exact) mass is 498 g/mol. The second-order valence-electron chi connectivity index (χ2n) is 5.61. The van der Waals surface area contributed by atoms with Crippen molar-refractivity contribution in [1.82, 2.24) is 0 Å². The third-order valence-electron chi connectivity index (χ3n) is 3.57. The smallest absolute Gasteiger partial charge is 0.266 e. The molecule has 140 valence electrons. The summed E-state index contributed by atoms with van der Waals surface area (Å²) >= 11 is 6.81. The normalized spacial score (nSPS) is 10.5. The number of carbonyl (C=O) groups is 1. The summed E-state index contributed by atoms with van der Waals surface area (Å²) in [6.45, 7) is 3.88. The number of carbonyl (C=O) groups excluding carboxylic acids is 1. The Morgan fingerprint density at radius 2 is 2.11 bits per heavy atom. The van der Waals surface area contributed by atoms with E-state index in [1.807, 2.05) is 18.2 Å². The number of hydrogen-bond donors (Lipinski definition) is 1. The number of ether oxygens (including phenoxy) is 1. The van der Waals surface area contributed by atoms with Gasteiger partial charge in [-0.05, 0) is 69.9 Å². The largest absolute Gasteiger partial charge is 0.479 e. The van der Waals surface area contributed by atoms with Crippen molar-refractivity contribution in [3.63, 3.8) is 0 Å². The number of nitrogens with one attached hydrogen (secondary N) is 1. The Morgan fingerprint density at radius 3 is 2.75 bits per heavy atom. The first-order valence-corrected chi connectivity index (χ1v) is 9.75. The topological polar surface area (TPSA) is 62.1 Å². The summed E-state index contributed by atoms with van der Waals surface area (Å²) in [5.41, 5.74) is 2.09. The molecule has 0 saturated heterocycles. The number of allylic oxidation sites excluding steroid dienone is 1. The molecular formula is C22H16Br2N2O2. The summed E-state index contributed by atoms with van der Waals surface area (Å²) in [5.74, 6) is 2.56. The molecule has 28 heavy (non-hydrogen) atoms. The van der Waals surface area contributed by atoms with Gasteiger partial charge in [0.2, 0.25) is 0 Å². The lowest BCUT2D eigenvalue weighted by molar-refractivity contribution is -0.112. The SMILES string of the molecule is C#CCOc1c(Br)cc(/C=C(/C#N)C(=O)Nc2cccc(Br)c2)cc1CC=C. The van der Waals surface area contributed by atoms with E-state index in [1.54, 1.807) is 30.3 Å². The number of rotatable bonds is 7. The molecule has 0 bridgehead atoms. The first kappa shape index (κ1) is 21.5. The zero-order valence-electron chi connectivity index (χ0n) is 14.8. The van der Waals surface area contributed by atoms with E-state index < -0.39 is 5.91 Å². The molecule has 1 amide bonds. The van der Waals surface area contributed by atoms with Gasteiger partial charge in [0.05, 0.1) is 4.47 Å². The van der Waals surface area contributed by atoms with Gasteiger partial charge in [0.1, 0.15) is 24.0 Å². The third-order valence-corrected chi connectivity index (χ3v) is 4.65. The van der Waals surface area contributed by atoms with Gasteiger partial charge in [-0.25, -0.2) is 0 Å². The van der Waals surface area contributed by atoms with Crippen LogP contribution in [0.1, 0.15) is 11.1 Å². The average Bonchev–Trinajstić information content (AvgIpc) is 2.65. The molecule has 0 spiro atoms. The molecule has 2 aromatic rings. The molecule has 4 nitrogen and oxygen atoms in total. The van der Waals surface area contributed by atoms with E-state index in [4.69, 9.17) is 11.2 Å². The van der Waals surface area contributed by atoms with Gasteiger partial charge in [-0.3, -0.25) is 4.79 Å². The van der Waals surface area contributed by atoms with Crippen LogP contribution in [0.5, 0.6) is 5.75 Å². The molecule has 0 aliphatic heterocycles. The average molecular weight is 500 g/mol. The summed E-state index contributed by atoms with van der Waals surface area (Å²) < 4.78 is 7.10. The quantitative estimate of drug-likeness (QED) is 0.237. The second kappa shape index (κ2) is 10.5. The number of benzene rings is 2. The summed E-state index contributed by atoms with van der Waals surface area (Å²) in [4.78, 5) is 12.5. The first-order valence-electron chi connectivity index (χ1n) is 8.16. The number of anilines is 1. The van der Waals surface area contributed by atoms with Crippen LogP contribution in [0.2, 0.25) is 0 Å². The maximum absolute atomic E-state index is 12.5. The minimum Gasteiger partial charge on any atom is -0.479 e. The van der Waals surface area contributed by atoms with Crippen LogP contribution >= 0.6 is 31.9 Å². The van der Waals surface area contributed by atoms with Gasteiger partial charge in [0.15, 0.2) is 0 Å². The highest BCUT2D eigenvalue weighted by Crippen LogP contribution is 2.32. The van der Waals surface area contributed by atoms with Crippen LogP contribution in [-0.4, -0.2) is 12.5 Å². The summed E-state index contributed by atoms with van der Waals surface area (Å²) in [6, 6.07) is 12.7. The summed E-state index contributed by atoms with van der Waals surface area (Å²) in [5, 5.41) is 12.2. The number of nitrogens with zero attached hydrogens (tertiary/aromatic N) is 1. The lowest BCUT2D eigenvalue weighted by atomic mass is 10.0. The maximum atomic E-state index is 12.5. The van der Waals surface area contributed by atoms with Gasteiger partial charge in [-0.2, -0.15) is 5.26 Å². The van der Waals surface area contributed by atoms with Crippen LogP contribution in [0.3, 0.4) is 0 Å². The first-order chi connectivity index (χ1) is 13.5. The molecule has 0 saturated carbocycles. The van der Waals surface area contributed by atoms with E-state index in [-0.39, 0.29) is 12.2 Å². The summed E-state index contributed by atoms with van der Waals surface area (Å²) in [7, 11) is 0. The molecule has 2 rings (SSSR count). The van der Waals surface area contributed by atoms with Crippen molar-refractivity contribution in [3.8, 4) is 24.2 Å². The van der Waals surface area contributed by atoms with Crippen LogP contribution in [0, 0.1) is 23.7 Å². The number of nitriles is 1. The van der Waals surface area contributed by atoms with Gasteiger partial charge in [0, 0.05) is 10.2 Å². The Balaban J connectivity index is 2.35. The molecular weight excluding hydrogens is 484 g/mol. The number of amides is 1. The van der Waals surface area contributed by atoms with Crippen LogP contribution in [-0.2, 0) is 11.2 Å². The van der Waals surface area contributed by atoms with E-state index in [1.165, 1.54) is 6.08 Å². The minimum absolute atomic E-state index is 0.0197. The van der Waals surface area contributed by atoms with Crippen molar-refractivity contribution in [1.29, 1.82) is 5.26 Å². The van der Waals surface area contributed by atoms with E-state index >= 15 is 0 Å². The van der Waals surface area contributed by atoms with Crippen LogP contribution in [0.15, 0.2) is 63.6 Å². The number of halogens is 2. The van der Waals surface area contributed by atoms with E-state index in [9.17, 15) is 10.1 Å². The molecule has 0 radical (unpaired) electrons. The highest BCUT2D eigenvalue weighted by molar-refractivity contribution is 9.10. The molecule has 0 unspecified atom stereocenters. The van der Waals surface area contributed by atoms with Crippen LogP contribution in [0.25, 0.3) is 6.08 Å². The molecule has 2 aromatic carbocycles. The molecule has 1 N–H and O–H groups in total. The van der Waals surface area contributed by atoms with Crippen molar-refractivity contribution < 1.29 is 9.53 Å². The molecule has 6 heteroatoms. The molecule has 0 fully saturated rings. The van der Waals surface area contributed by atoms with Gasteiger partial charge >= 0.3 is 0 Å². The van der Waals surface area contributed by atoms with Gasteiger partial charge in [0.25, 0.3) is 5.91 Å². The molecule has 0 aliphatic rings. The van der Waals surface area contributed by atoms with Crippen LogP contribution in [0.4, 0.5) is 5.69 Å². The second-order valence-corrected chi connectivity index (χ2v) is 7.38. The molecule has 0 heterocycles. The fraction of sp³-hybridized carbons (Fsp3) is 0.0909. The predicted octanol–water partition coefficient (Wildman–Crippen LogP) is 5.50. The molecule has 0 aliphatic carbocycles. The van der Waals surface area contributed by atoms with Crippen molar-refractivity contribution >= 4 is 49.5 Å². The number of terminal acetylenes is 1. The minimum atomic E-state index is -0.491. The van der Waals surface area contributed by atoms with Gasteiger partial charge in [-0.15, -0.1) is 13.0 Å². The Bertz CT molecular complexity index is 1010. The van der Waals surface area contributed by atoms with Crippen molar-refractivity contribution in [3.05, 3.63) is 74.7 Å². The Kier molecular flexibility index (Phi) is 8.07. The molecule has 0 aromatic heterocycles. The number of hydrogen-bond acceptors (Lipinski definition) is 3. The van der Waals surface area contributed by atoms with Crippen molar-refractivity contribution in [2.24, 2.45) is 0 Å². The Morgan fingerprint density at radius 1 is 1.32 bits per heavy atom. The standard InChI is InChI=1S/C22H16Br2N2O2/c1-3-6-16-10-15(12-20(24)21(16)28-9-4-2)11-17(14-25)22(27)26-19-8-5-7-18(23)13-19/h2-3,5,7-8,10-13H,1,6,9H2,(H,26,27)/b17-11-. The zero-order valence-corrected chi connectivity index (χ0v) is 18.0. The van der Waals surface area contributed by atoms with Crippen LogP contribution < -0.4 is 10.1 Å².